The summed E-state index contributed by atoms with van der Waals surface area (Å²) in [5.74, 6) is 0.972. The second-order valence-electron chi connectivity index (χ2n) is 5.61. The van der Waals surface area contributed by atoms with E-state index in [-0.39, 0.29) is 0 Å². The second kappa shape index (κ2) is 5.92. The van der Waals surface area contributed by atoms with E-state index in [1.165, 1.54) is 0 Å². The van der Waals surface area contributed by atoms with Gasteiger partial charge in [0.05, 0.1) is 6.20 Å². The van der Waals surface area contributed by atoms with Gasteiger partial charge in [-0.25, -0.2) is 4.98 Å². The van der Waals surface area contributed by atoms with Crippen molar-refractivity contribution in [2.75, 3.05) is 0 Å². The smallest absolute Gasteiger partial charge is 0.258 e. The maximum atomic E-state index is 5.43. The summed E-state index contributed by atoms with van der Waals surface area (Å²) in [6, 6.07) is 13.3. The van der Waals surface area contributed by atoms with Crippen molar-refractivity contribution in [3.8, 4) is 34.1 Å². The number of rotatable bonds is 3. The van der Waals surface area contributed by atoms with Crippen LogP contribution in [0.1, 0.15) is 0 Å². The molecule has 0 aliphatic carbocycles. The predicted molar refractivity (Wildman–Crippen MR) is 97.1 cm³/mol. The van der Waals surface area contributed by atoms with Crippen molar-refractivity contribution >= 4 is 21.6 Å². The molecule has 4 aromatic heterocycles. The van der Waals surface area contributed by atoms with Crippen molar-refractivity contribution in [1.82, 2.24) is 24.7 Å². The van der Waals surface area contributed by atoms with Gasteiger partial charge in [-0.15, -0.1) is 0 Å². The van der Waals surface area contributed by atoms with Gasteiger partial charge in [-0.1, -0.05) is 22.4 Å². The van der Waals surface area contributed by atoms with Crippen LogP contribution in [0.3, 0.4) is 0 Å². The zero-order valence-corrected chi connectivity index (χ0v) is 14.8. The molecule has 0 aliphatic rings. The van der Waals surface area contributed by atoms with Gasteiger partial charge in [-0.2, -0.15) is 4.98 Å². The van der Waals surface area contributed by atoms with Gasteiger partial charge in [-0.05, 0) is 40.2 Å². The Labute approximate surface area is 155 Å². The molecule has 7 nitrogen and oxygen atoms in total. The van der Waals surface area contributed by atoms with Crippen LogP contribution < -0.4 is 0 Å². The van der Waals surface area contributed by atoms with E-state index in [4.69, 9.17) is 9.05 Å². The normalized spacial score (nSPS) is 11.3. The van der Waals surface area contributed by atoms with Gasteiger partial charge in [-0.3, -0.25) is 4.40 Å². The van der Waals surface area contributed by atoms with E-state index in [9.17, 15) is 0 Å². The number of pyridine rings is 1. The molecule has 0 spiro atoms. The molecule has 5 rings (SSSR count). The van der Waals surface area contributed by atoms with E-state index in [2.05, 4.69) is 36.2 Å². The lowest BCUT2D eigenvalue weighted by Gasteiger charge is -1.98. The highest BCUT2D eigenvalue weighted by Crippen LogP contribution is 2.26. The molecule has 126 valence electrons. The number of benzene rings is 1. The van der Waals surface area contributed by atoms with Gasteiger partial charge < -0.3 is 9.05 Å². The Bertz CT molecular complexity index is 1190. The highest BCUT2D eigenvalue weighted by molar-refractivity contribution is 9.10. The minimum atomic E-state index is 0.455. The van der Waals surface area contributed by atoms with E-state index >= 15 is 0 Å². The lowest BCUT2D eigenvalue weighted by atomic mass is 10.1. The first-order valence-electron chi connectivity index (χ1n) is 7.76. The quantitative estimate of drug-likeness (QED) is 0.438. The predicted octanol–water partition coefficient (Wildman–Crippen LogP) is 4.47. The average molecular weight is 408 g/mol. The van der Waals surface area contributed by atoms with Crippen LogP contribution in [0.4, 0.5) is 0 Å². The number of nitrogens with zero attached hydrogens (tertiary/aromatic N) is 5. The van der Waals surface area contributed by atoms with Crippen LogP contribution in [0.5, 0.6) is 0 Å². The van der Waals surface area contributed by atoms with Crippen LogP contribution in [-0.4, -0.2) is 24.7 Å². The molecule has 0 atom stereocenters. The third-order valence-electron chi connectivity index (χ3n) is 4.01. The van der Waals surface area contributed by atoms with Gasteiger partial charge in [0.1, 0.15) is 22.2 Å². The van der Waals surface area contributed by atoms with E-state index in [1.807, 2.05) is 53.1 Å². The summed E-state index contributed by atoms with van der Waals surface area (Å²) in [5.41, 5.74) is 4.25. The van der Waals surface area contributed by atoms with Crippen LogP contribution >= 0.6 is 15.9 Å². The van der Waals surface area contributed by atoms with Crippen molar-refractivity contribution in [2.45, 2.75) is 0 Å². The molecule has 0 saturated carbocycles. The highest BCUT2D eigenvalue weighted by Gasteiger charge is 2.12. The fourth-order valence-corrected chi connectivity index (χ4v) is 3.07. The molecule has 0 amide bonds. The van der Waals surface area contributed by atoms with Crippen LogP contribution in [-0.2, 0) is 0 Å². The average Bonchev–Trinajstić information content (AvgIpc) is 3.43. The molecule has 0 unspecified atom stereocenters. The summed E-state index contributed by atoms with van der Waals surface area (Å²) in [6.45, 7) is 0. The molecule has 4 heterocycles. The van der Waals surface area contributed by atoms with E-state index in [0.29, 0.717) is 11.7 Å². The first kappa shape index (κ1) is 15.0. The standard InChI is InChI=1S/C18H10BrN5O2/c19-15-9-20-16-6-5-13(10-24(15)16)17-21-18(26-23-17)12-3-1-11(2-4-12)14-7-8-25-22-14/h1-10H. The molecular weight excluding hydrogens is 398 g/mol. The number of fused-ring (bicyclic) bond motifs is 1. The summed E-state index contributed by atoms with van der Waals surface area (Å²) in [7, 11) is 0. The molecule has 0 fully saturated rings. The summed E-state index contributed by atoms with van der Waals surface area (Å²) in [6.07, 6.45) is 5.20. The number of aromatic nitrogens is 5. The monoisotopic (exact) mass is 407 g/mol. The summed E-state index contributed by atoms with van der Waals surface area (Å²) in [4.78, 5) is 8.78. The summed E-state index contributed by atoms with van der Waals surface area (Å²) >= 11 is 3.46. The number of imidazole rings is 1. The molecule has 8 heteroatoms. The van der Waals surface area contributed by atoms with Crippen molar-refractivity contribution in [1.29, 1.82) is 0 Å². The molecule has 0 N–H and O–H groups in total. The first-order valence-corrected chi connectivity index (χ1v) is 8.55. The minimum absolute atomic E-state index is 0.455. The molecule has 26 heavy (non-hydrogen) atoms. The SMILES string of the molecule is Brc1cnc2ccc(-c3noc(-c4ccc(-c5ccon5)cc4)n3)cn12. The van der Waals surface area contributed by atoms with Gasteiger partial charge in [0.25, 0.3) is 5.89 Å². The van der Waals surface area contributed by atoms with E-state index in [1.54, 1.807) is 12.5 Å². The zero-order chi connectivity index (χ0) is 17.5. The summed E-state index contributed by atoms with van der Waals surface area (Å²) in [5, 5.41) is 8.02. The molecule has 5 aromatic rings. The lowest BCUT2D eigenvalue weighted by Crippen LogP contribution is -1.88. The number of halogens is 1. The van der Waals surface area contributed by atoms with Crippen LogP contribution in [0.25, 0.3) is 39.7 Å². The van der Waals surface area contributed by atoms with Gasteiger partial charge in [0.15, 0.2) is 0 Å². The van der Waals surface area contributed by atoms with E-state index < -0.39 is 0 Å². The maximum Gasteiger partial charge on any atom is 0.258 e. The Balaban J connectivity index is 1.48. The first-order chi connectivity index (χ1) is 12.8. The molecule has 0 radical (unpaired) electrons. The van der Waals surface area contributed by atoms with Crippen LogP contribution in [0.15, 0.2) is 74.8 Å². The number of hydrogen-bond acceptors (Lipinski definition) is 6. The molecule has 0 aliphatic heterocycles. The molecule has 0 bridgehead atoms. The summed E-state index contributed by atoms with van der Waals surface area (Å²) < 4.78 is 13.1. The Morgan fingerprint density at radius 2 is 1.69 bits per heavy atom. The van der Waals surface area contributed by atoms with E-state index in [0.717, 1.165) is 32.6 Å². The molecule has 1 aromatic carbocycles. The Hall–Kier alpha value is -3.26. The fourth-order valence-electron chi connectivity index (χ4n) is 2.69. The lowest BCUT2D eigenvalue weighted by molar-refractivity contribution is 0.422. The fraction of sp³-hybridized carbons (Fsp3) is 0. The third-order valence-corrected chi connectivity index (χ3v) is 4.60. The van der Waals surface area contributed by atoms with Crippen molar-refractivity contribution in [3.05, 3.63) is 65.7 Å². The van der Waals surface area contributed by atoms with Crippen LogP contribution in [0, 0.1) is 0 Å². The Morgan fingerprint density at radius 1 is 0.885 bits per heavy atom. The van der Waals surface area contributed by atoms with Crippen molar-refractivity contribution in [2.24, 2.45) is 0 Å². The Morgan fingerprint density at radius 3 is 2.50 bits per heavy atom. The number of hydrogen-bond donors (Lipinski definition) is 0. The molecular formula is C18H10BrN5O2. The second-order valence-corrected chi connectivity index (χ2v) is 6.42. The van der Waals surface area contributed by atoms with Gasteiger partial charge in [0.2, 0.25) is 5.82 Å². The largest absolute Gasteiger partial charge is 0.364 e. The third kappa shape index (κ3) is 2.51. The Kier molecular flexibility index (Phi) is 3.42. The molecule has 0 saturated heterocycles. The van der Waals surface area contributed by atoms with Crippen molar-refractivity contribution in [3.63, 3.8) is 0 Å². The topological polar surface area (TPSA) is 82.2 Å². The minimum Gasteiger partial charge on any atom is -0.364 e. The van der Waals surface area contributed by atoms with Gasteiger partial charge in [0, 0.05) is 29.0 Å². The maximum absolute atomic E-state index is 5.43. The van der Waals surface area contributed by atoms with Gasteiger partial charge >= 0.3 is 0 Å². The zero-order valence-electron chi connectivity index (χ0n) is 13.2. The van der Waals surface area contributed by atoms with Crippen molar-refractivity contribution < 1.29 is 9.05 Å². The highest BCUT2D eigenvalue weighted by atomic mass is 79.9. The van der Waals surface area contributed by atoms with Crippen LogP contribution in [0.2, 0.25) is 0 Å².